The second-order valence-corrected chi connectivity index (χ2v) is 6.91. The molecule has 3 heteroatoms. The minimum Gasteiger partial charge on any atom is -0.312 e. The molecular formula is C16H22BrNO. The highest BCUT2D eigenvalue weighted by molar-refractivity contribution is 9.09. The van der Waals surface area contributed by atoms with Crippen LogP contribution in [0.1, 0.15) is 44.2 Å². The lowest BCUT2D eigenvalue weighted by molar-refractivity contribution is -0.118. The van der Waals surface area contributed by atoms with Crippen LogP contribution < -0.4 is 4.90 Å². The Balaban J connectivity index is 2.23. The standard InChI is InChI=1S/C16H22BrNO/c1-3-5-16(19)18-9-4-6-14-11-13(10-12(2)17)7-8-15(14)18/h7-8,11-12H,3-6,9-10H2,1-2H3. The van der Waals surface area contributed by atoms with Gasteiger partial charge in [0.2, 0.25) is 5.91 Å². The third-order valence-electron chi connectivity index (χ3n) is 3.54. The first-order valence-electron chi connectivity index (χ1n) is 7.18. The molecule has 0 N–H and O–H groups in total. The van der Waals surface area contributed by atoms with Gasteiger partial charge in [0.25, 0.3) is 0 Å². The molecule has 1 heterocycles. The quantitative estimate of drug-likeness (QED) is 0.764. The fourth-order valence-electron chi connectivity index (χ4n) is 2.71. The van der Waals surface area contributed by atoms with Gasteiger partial charge in [-0.05, 0) is 42.9 Å². The van der Waals surface area contributed by atoms with Crippen molar-refractivity contribution in [3.8, 4) is 0 Å². The van der Waals surface area contributed by atoms with Crippen LogP contribution in [-0.4, -0.2) is 17.3 Å². The molecule has 0 aromatic heterocycles. The predicted molar refractivity (Wildman–Crippen MR) is 84.1 cm³/mol. The van der Waals surface area contributed by atoms with Gasteiger partial charge < -0.3 is 4.90 Å². The molecule has 1 unspecified atom stereocenters. The van der Waals surface area contributed by atoms with Crippen molar-refractivity contribution in [3.05, 3.63) is 29.3 Å². The smallest absolute Gasteiger partial charge is 0.226 e. The van der Waals surface area contributed by atoms with Gasteiger partial charge in [0.05, 0.1) is 0 Å². The maximum atomic E-state index is 12.1. The Hall–Kier alpha value is -0.830. The number of benzene rings is 1. The molecule has 0 radical (unpaired) electrons. The molecule has 19 heavy (non-hydrogen) atoms. The monoisotopic (exact) mass is 323 g/mol. The summed E-state index contributed by atoms with van der Waals surface area (Å²) in [5, 5.41) is 0. The van der Waals surface area contributed by atoms with Gasteiger partial charge in [0, 0.05) is 23.5 Å². The van der Waals surface area contributed by atoms with E-state index in [1.807, 2.05) is 4.90 Å². The molecular weight excluding hydrogens is 302 g/mol. The molecule has 1 aliphatic rings. The molecule has 2 rings (SSSR count). The lowest BCUT2D eigenvalue weighted by Gasteiger charge is -2.30. The summed E-state index contributed by atoms with van der Waals surface area (Å²) in [7, 11) is 0. The van der Waals surface area contributed by atoms with E-state index in [9.17, 15) is 4.79 Å². The van der Waals surface area contributed by atoms with Crippen molar-refractivity contribution in [1.29, 1.82) is 0 Å². The van der Waals surface area contributed by atoms with Crippen LogP contribution in [0.2, 0.25) is 0 Å². The van der Waals surface area contributed by atoms with E-state index in [1.165, 1.54) is 11.1 Å². The highest BCUT2D eigenvalue weighted by atomic mass is 79.9. The summed E-state index contributed by atoms with van der Waals surface area (Å²) >= 11 is 3.60. The number of fused-ring (bicyclic) bond motifs is 1. The van der Waals surface area contributed by atoms with E-state index in [2.05, 4.69) is 48.0 Å². The van der Waals surface area contributed by atoms with E-state index in [4.69, 9.17) is 0 Å². The molecule has 1 aromatic rings. The maximum Gasteiger partial charge on any atom is 0.226 e. The van der Waals surface area contributed by atoms with Gasteiger partial charge >= 0.3 is 0 Å². The first-order valence-corrected chi connectivity index (χ1v) is 8.09. The molecule has 104 valence electrons. The average Bonchev–Trinajstić information content (AvgIpc) is 2.37. The zero-order chi connectivity index (χ0) is 13.8. The lowest BCUT2D eigenvalue weighted by Crippen LogP contribution is -2.35. The molecule has 1 atom stereocenters. The van der Waals surface area contributed by atoms with Crippen LogP contribution in [0, 0.1) is 0 Å². The number of anilines is 1. The minimum absolute atomic E-state index is 0.269. The summed E-state index contributed by atoms with van der Waals surface area (Å²) in [6.07, 6.45) is 4.78. The van der Waals surface area contributed by atoms with E-state index < -0.39 is 0 Å². The molecule has 0 spiro atoms. The van der Waals surface area contributed by atoms with E-state index in [0.29, 0.717) is 11.2 Å². The van der Waals surface area contributed by atoms with Gasteiger partial charge in [-0.25, -0.2) is 0 Å². The number of halogens is 1. The second kappa shape index (κ2) is 6.56. The number of rotatable bonds is 4. The van der Waals surface area contributed by atoms with Crippen LogP contribution in [-0.2, 0) is 17.6 Å². The van der Waals surface area contributed by atoms with Gasteiger partial charge in [0.15, 0.2) is 0 Å². The summed E-state index contributed by atoms with van der Waals surface area (Å²) in [6.45, 7) is 5.10. The summed E-state index contributed by atoms with van der Waals surface area (Å²) in [4.78, 5) is 14.6. The Morgan fingerprint density at radius 1 is 1.47 bits per heavy atom. The average molecular weight is 324 g/mol. The zero-order valence-electron chi connectivity index (χ0n) is 11.8. The maximum absolute atomic E-state index is 12.1. The lowest BCUT2D eigenvalue weighted by atomic mass is 9.97. The van der Waals surface area contributed by atoms with E-state index in [-0.39, 0.29) is 5.91 Å². The highest BCUT2D eigenvalue weighted by Gasteiger charge is 2.21. The second-order valence-electron chi connectivity index (χ2n) is 5.35. The third kappa shape index (κ3) is 3.59. The van der Waals surface area contributed by atoms with Crippen molar-refractivity contribution < 1.29 is 4.79 Å². The Bertz CT molecular complexity index is 456. The summed E-state index contributed by atoms with van der Waals surface area (Å²) in [6, 6.07) is 6.57. The SMILES string of the molecule is CCCC(=O)N1CCCc2cc(CC(C)Br)ccc21. The zero-order valence-corrected chi connectivity index (χ0v) is 13.4. The van der Waals surface area contributed by atoms with Crippen LogP contribution in [0.25, 0.3) is 0 Å². The van der Waals surface area contributed by atoms with Crippen molar-refractivity contribution in [2.75, 3.05) is 11.4 Å². The number of nitrogens with zero attached hydrogens (tertiary/aromatic N) is 1. The van der Waals surface area contributed by atoms with Gasteiger partial charge in [-0.1, -0.05) is 41.9 Å². The Labute approximate surface area is 124 Å². The molecule has 0 bridgehead atoms. The van der Waals surface area contributed by atoms with Crippen LogP contribution in [0.5, 0.6) is 0 Å². The first kappa shape index (κ1) is 14.6. The van der Waals surface area contributed by atoms with Crippen LogP contribution in [0.3, 0.4) is 0 Å². The Kier molecular flexibility index (Phi) is 5.03. The third-order valence-corrected chi connectivity index (χ3v) is 3.87. The van der Waals surface area contributed by atoms with Gasteiger partial charge in [-0.15, -0.1) is 0 Å². The van der Waals surface area contributed by atoms with E-state index in [1.54, 1.807) is 0 Å². The summed E-state index contributed by atoms with van der Waals surface area (Å²) in [5.74, 6) is 0.269. The van der Waals surface area contributed by atoms with E-state index >= 15 is 0 Å². The number of hydrogen-bond acceptors (Lipinski definition) is 1. The molecule has 1 aromatic carbocycles. The highest BCUT2D eigenvalue weighted by Crippen LogP contribution is 2.29. The van der Waals surface area contributed by atoms with Crippen LogP contribution >= 0.6 is 15.9 Å². The minimum atomic E-state index is 0.269. The molecule has 0 saturated heterocycles. The molecule has 0 aliphatic carbocycles. The van der Waals surface area contributed by atoms with Gasteiger partial charge in [0.1, 0.15) is 0 Å². The largest absolute Gasteiger partial charge is 0.312 e. The predicted octanol–water partition coefficient (Wildman–Crippen LogP) is 4.09. The van der Waals surface area contributed by atoms with Crippen molar-refractivity contribution in [2.24, 2.45) is 0 Å². The number of alkyl halides is 1. The molecule has 0 fully saturated rings. The van der Waals surface area contributed by atoms with Crippen LogP contribution in [0.15, 0.2) is 18.2 Å². The van der Waals surface area contributed by atoms with Crippen molar-refractivity contribution in [1.82, 2.24) is 0 Å². The number of carbonyl (C=O) groups is 1. The Morgan fingerprint density at radius 3 is 2.95 bits per heavy atom. The number of hydrogen-bond donors (Lipinski definition) is 0. The molecule has 0 saturated carbocycles. The normalized spacial score (nSPS) is 16.1. The Morgan fingerprint density at radius 2 is 2.26 bits per heavy atom. The number of aryl methyl sites for hydroxylation is 1. The van der Waals surface area contributed by atoms with Crippen molar-refractivity contribution in [3.63, 3.8) is 0 Å². The summed E-state index contributed by atoms with van der Waals surface area (Å²) < 4.78 is 0. The molecule has 1 amide bonds. The van der Waals surface area contributed by atoms with Crippen molar-refractivity contribution >= 4 is 27.5 Å². The number of amides is 1. The van der Waals surface area contributed by atoms with Gasteiger partial charge in [-0.2, -0.15) is 0 Å². The topological polar surface area (TPSA) is 20.3 Å². The fraction of sp³-hybridized carbons (Fsp3) is 0.562. The van der Waals surface area contributed by atoms with E-state index in [0.717, 1.165) is 37.9 Å². The van der Waals surface area contributed by atoms with Gasteiger partial charge in [-0.3, -0.25) is 4.79 Å². The fourth-order valence-corrected chi connectivity index (χ4v) is 3.08. The summed E-state index contributed by atoms with van der Waals surface area (Å²) in [5.41, 5.74) is 3.82. The van der Waals surface area contributed by atoms with Crippen LogP contribution in [0.4, 0.5) is 5.69 Å². The first-order chi connectivity index (χ1) is 9.11. The van der Waals surface area contributed by atoms with Crippen molar-refractivity contribution in [2.45, 2.75) is 50.8 Å². The molecule has 1 aliphatic heterocycles. The number of carbonyl (C=O) groups excluding carboxylic acids is 1. The molecule has 2 nitrogen and oxygen atoms in total.